The monoisotopic (exact) mass is 311 g/mol. The van der Waals surface area contributed by atoms with Gasteiger partial charge in [0.1, 0.15) is 6.61 Å². The van der Waals surface area contributed by atoms with E-state index in [1.165, 1.54) is 0 Å². The van der Waals surface area contributed by atoms with Gasteiger partial charge in [0.15, 0.2) is 0 Å². The maximum atomic E-state index is 11.8. The maximum Gasteiger partial charge on any atom is 0.333 e. The summed E-state index contributed by atoms with van der Waals surface area (Å²) >= 11 is 0. The molecule has 1 aromatic carbocycles. The van der Waals surface area contributed by atoms with E-state index in [9.17, 15) is 4.79 Å². The highest BCUT2D eigenvalue weighted by molar-refractivity contribution is 5.87. The van der Waals surface area contributed by atoms with Crippen LogP contribution in [0.5, 0.6) is 0 Å². The van der Waals surface area contributed by atoms with Gasteiger partial charge in [0.05, 0.1) is 18.9 Å². The first-order valence-corrected chi connectivity index (χ1v) is 7.61. The van der Waals surface area contributed by atoms with E-state index in [1.54, 1.807) is 13.1 Å². The predicted molar refractivity (Wildman–Crippen MR) is 88.5 cm³/mol. The molecule has 0 aliphatic rings. The lowest BCUT2D eigenvalue weighted by Gasteiger charge is -2.05. The van der Waals surface area contributed by atoms with Crippen molar-refractivity contribution in [3.05, 3.63) is 77.6 Å². The highest BCUT2D eigenvalue weighted by Crippen LogP contribution is 2.05. The van der Waals surface area contributed by atoms with Crippen LogP contribution in [0.4, 0.5) is 0 Å². The Morgan fingerprint density at radius 1 is 1.09 bits per heavy atom. The van der Waals surface area contributed by atoms with Crippen LogP contribution in [-0.4, -0.2) is 17.6 Å². The molecule has 2 aromatic rings. The van der Waals surface area contributed by atoms with Crippen LogP contribution in [0.25, 0.3) is 0 Å². The van der Waals surface area contributed by atoms with Crippen LogP contribution in [0.2, 0.25) is 0 Å². The van der Waals surface area contributed by atoms with Crippen molar-refractivity contribution in [1.29, 1.82) is 0 Å². The van der Waals surface area contributed by atoms with Crippen LogP contribution in [0.1, 0.15) is 24.6 Å². The quantitative estimate of drug-likeness (QED) is 0.424. The van der Waals surface area contributed by atoms with E-state index in [2.05, 4.69) is 4.98 Å². The Kier molecular flexibility index (Phi) is 7.01. The Balaban J connectivity index is 1.65. The van der Waals surface area contributed by atoms with Gasteiger partial charge in [-0.15, -0.1) is 0 Å². The van der Waals surface area contributed by atoms with Crippen molar-refractivity contribution in [2.45, 2.75) is 26.6 Å². The molecule has 0 aliphatic heterocycles. The minimum absolute atomic E-state index is 0.190. The second kappa shape index (κ2) is 9.54. The van der Waals surface area contributed by atoms with Crippen molar-refractivity contribution in [3.63, 3.8) is 0 Å². The Bertz CT molecular complexity index is 624. The average Bonchev–Trinajstić information content (AvgIpc) is 2.61. The number of carbonyl (C=O) groups excluding carboxylic acids is 1. The summed E-state index contributed by atoms with van der Waals surface area (Å²) in [5.41, 5.74) is 2.46. The zero-order valence-corrected chi connectivity index (χ0v) is 13.3. The van der Waals surface area contributed by atoms with Crippen molar-refractivity contribution in [2.24, 2.45) is 0 Å². The standard InChI is InChI=1S/C19H21NO3/c1-16(19(21)23-15-18-11-5-6-12-20-18)8-7-13-22-14-17-9-3-2-4-10-17/h2-6,8-12H,7,13-15H2,1H3/b16-8+. The molecule has 0 fully saturated rings. The number of rotatable bonds is 8. The Hall–Kier alpha value is -2.46. The molecule has 1 aromatic heterocycles. The van der Waals surface area contributed by atoms with E-state index in [-0.39, 0.29) is 12.6 Å². The molecule has 0 saturated carbocycles. The second-order valence-electron chi connectivity index (χ2n) is 5.11. The summed E-state index contributed by atoms with van der Waals surface area (Å²) in [5.74, 6) is -0.321. The minimum atomic E-state index is -0.321. The van der Waals surface area contributed by atoms with Gasteiger partial charge in [-0.3, -0.25) is 4.98 Å². The normalized spacial score (nSPS) is 11.3. The first-order valence-electron chi connectivity index (χ1n) is 7.61. The van der Waals surface area contributed by atoms with Gasteiger partial charge in [-0.05, 0) is 31.0 Å². The van der Waals surface area contributed by atoms with E-state index in [0.29, 0.717) is 25.2 Å². The SMILES string of the molecule is C/C(=C\CCOCc1ccccc1)C(=O)OCc1ccccn1. The molecular formula is C19H21NO3. The lowest BCUT2D eigenvalue weighted by atomic mass is 10.2. The molecule has 0 saturated heterocycles. The van der Waals surface area contributed by atoms with Gasteiger partial charge in [0.25, 0.3) is 0 Å². The third-order valence-corrected chi connectivity index (χ3v) is 3.22. The van der Waals surface area contributed by atoms with Crippen LogP contribution in [0.3, 0.4) is 0 Å². The summed E-state index contributed by atoms with van der Waals surface area (Å²) in [6, 6.07) is 15.5. The van der Waals surface area contributed by atoms with E-state index >= 15 is 0 Å². The highest BCUT2D eigenvalue weighted by Gasteiger charge is 2.06. The molecule has 0 atom stereocenters. The zero-order chi connectivity index (χ0) is 16.3. The molecule has 2 rings (SSSR count). The van der Waals surface area contributed by atoms with Crippen LogP contribution in [-0.2, 0) is 27.5 Å². The van der Waals surface area contributed by atoms with E-state index in [4.69, 9.17) is 9.47 Å². The molecule has 23 heavy (non-hydrogen) atoms. The number of hydrogen-bond donors (Lipinski definition) is 0. The Morgan fingerprint density at radius 2 is 1.87 bits per heavy atom. The highest BCUT2D eigenvalue weighted by atomic mass is 16.5. The molecule has 4 heteroatoms. The number of aromatic nitrogens is 1. The van der Waals surface area contributed by atoms with Gasteiger partial charge in [0.2, 0.25) is 0 Å². The van der Waals surface area contributed by atoms with Gasteiger partial charge < -0.3 is 9.47 Å². The first-order chi connectivity index (χ1) is 11.3. The number of carbonyl (C=O) groups is 1. The fourth-order valence-corrected chi connectivity index (χ4v) is 1.94. The molecule has 0 aliphatic carbocycles. The van der Waals surface area contributed by atoms with Gasteiger partial charge in [-0.25, -0.2) is 4.79 Å². The number of pyridine rings is 1. The number of hydrogen-bond acceptors (Lipinski definition) is 4. The van der Waals surface area contributed by atoms with Gasteiger partial charge in [0, 0.05) is 11.8 Å². The van der Waals surface area contributed by atoms with Crippen molar-refractivity contribution in [2.75, 3.05) is 6.61 Å². The van der Waals surface area contributed by atoms with Gasteiger partial charge >= 0.3 is 5.97 Å². The number of benzene rings is 1. The predicted octanol–water partition coefficient (Wildman–Crippen LogP) is 3.68. The molecule has 120 valence electrons. The third kappa shape index (κ3) is 6.45. The second-order valence-corrected chi connectivity index (χ2v) is 5.11. The summed E-state index contributed by atoms with van der Waals surface area (Å²) < 4.78 is 10.8. The summed E-state index contributed by atoms with van der Waals surface area (Å²) in [6.07, 6.45) is 4.19. The maximum absolute atomic E-state index is 11.8. The Labute approximate surface area is 136 Å². The van der Waals surface area contributed by atoms with Crippen LogP contribution in [0.15, 0.2) is 66.4 Å². The summed E-state index contributed by atoms with van der Waals surface area (Å²) in [7, 11) is 0. The first kappa shape index (κ1) is 16.9. The fraction of sp³-hybridized carbons (Fsp3) is 0.263. The topological polar surface area (TPSA) is 48.4 Å². The molecule has 0 amide bonds. The van der Waals surface area contributed by atoms with Gasteiger partial charge in [-0.1, -0.05) is 42.5 Å². The molecule has 4 nitrogen and oxygen atoms in total. The van der Waals surface area contributed by atoms with Crippen molar-refractivity contribution in [1.82, 2.24) is 4.98 Å². The largest absolute Gasteiger partial charge is 0.456 e. The molecule has 0 spiro atoms. The van der Waals surface area contributed by atoms with Crippen molar-refractivity contribution in [3.8, 4) is 0 Å². The van der Waals surface area contributed by atoms with E-state index in [0.717, 1.165) is 11.3 Å². The summed E-state index contributed by atoms with van der Waals surface area (Å²) in [4.78, 5) is 16.0. The van der Waals surface area contributed by atoms with Gasteiger partial charge in [-0.2, -0.15) is 0 Å². The molecule has 1 heterocycles. The third-order valence-electron chi connectivity index (χ3n) is 3.22. The molecule has 0 unspecified atom stereocenters. The lowest BCUT2D eigenvalue weighted by molar-refractivity contribution is -0.140. The fourth-order valence-electron chi connectivity index (χ4n) is 1.94. The van der Waals surface area contributed by atoms with E-state index < -0.39 is 0 Å². The number of esters is 1. The average molecular weight is 311 g/mol. The lowest BCUT2D eigenvalue weighted by Crippen LogP contribution is -2.07. The van der Waals surface area contributed by atoms with E-state index in [1.807, 2.05) is 54.6 Å². The molecule has 0 radical (unpaired) electrons. The molecular weight excluding hydrogens is 290 g/mol. The van der Waals surface area contributed by atoms with Crippen molar-refractivity contribution >= 4 is 5.97 Å². The number of ether oxygens (including phenoxy) is 2. The molecule has 0 N–H and O–H groups in total. The summed E-state index contributed by atoms with van der Waals surface area (Å²) in [6.45, 7) is 3.09. The van der Waals surface area contributed by atoms with Crippen LogP contribution in [0, 0.1) is 0 Å². The van der Waals surface area contributed by atoms with Crippen molar-refractivity contribution < 1.29 is 14.3 Å². The smallest absolute Gasteiger partial charge is 0.333 e. The minimum Gasteiger partial charge on any atom is -0.456 e. The van der Waals surface area contributed by atoms with Crippen LogP contribution >= 0.6 is 0 Å². The molecule has 0 bridgehead atoms. The zero-order valence-electron chi connectivity index (χ0n) is 13.3. The van der Waals surface area contributed by atoms with Crippen LogP contribution < -0.4 is 0 Å². The Morgan fingerprint density at radius 3 is 2.61 bits per heavy atom. The summed E-state index contributed by atoms with van der Waals surface area (Å²) in [5, 5.41) is 0. The number of nitrogens with zero attached hydrogens (tertiary/aromatic N) is 1.